The maximum Gasteiger partial charge on any atom is 0.263 e. The number of ether oxygens (including phenoxy) is 2. The first-order chi connectivity index (χ1) is 12.2. The van der Waals surface area contributed by atoms with Crippen LogP contribution in [0.25, 0.3) is 16.7 Å². The maximum absolute atomic E-state index is 12.5. The topological polar surface area (TPSA) is 106 Å². The second-order valence-corrected chi connectivity index (χ2v) is 5.21. The van der Waals surface area contributed by atoms with Crippen LogP contribution in [0.3, 0.4) is 0 Å². The van der Waals surface area contributed by atoms with Gasteiger partial charge in [0.05, 0.1) is 31.4 Å². The van der Waals surface area contributed by atoms with Crippen LogP contribution in [0.4, 0.5) is 5.95 Å². The highest BCUT2D eigenvalue weighted by Crippen LogP contribution is 2.31. The molecule has 3 heterocycles. The predicted molar refractivity (Wildman–Crippen MR) is 90.1 cm³/mol. The number of aromatic amines is 1. The van der Waals surface area contributed by atoms with Crippen molar-refractivity contribution in [1.82, 2.24) is 24.6 Å². The third-order valence-electron chi connectivity index (χ3n) is 3.74. The molecule has 1 amide bonds. The molecule has 3 aromatic heterocycles. The van der Waals surface area contributed by atoms with Crippen molar-refractivity contribution in [2.75, 3.05) is 19.5 Å². The summed E-state index contributed by atoms with van der Waals surface area (Å²) in [5, 5.41) is 6.82. The van der Waals surface area contributed by atoms with Gasteiger partial charge in [-0.25, -0.2) is 14.5 Å². The number of hydrogen-bond acceptors (Lipinski definition) is 6. The molecular formula is C16H14N6O3. The predicted octanol–water partition coefficient (Wildman–Crippen LogP) is 1.88. The number of carbonyl (C=O) groups excluding carboxylic acids is 1. The number of carbonyl (C=O) groups is 1. The number of imidazole rings is 1. The molecule has 0 aliphatic heterocycles. The number of rotatable bonds is 4. The van der Waals surface area contributed by atoms with Gasteiger partial charge in [-0.2, -0.15) is 5.10 Å². The van der Waals surface area contributed by atoms with Gasteiger partial charge in [0.1, 0.15) is 5.56 Å². The zero-order valence-corrected chi connectivity index (χ0v) is 13.5. The van der Waals surface area contributed by atoms with Crippen molar-refractivity contribution in [3.8, 4) is 11.5 Å². The summed E-state index contributed by atoms with van der Waals surface area (Å²) in [6.45, 7) is 0. The highest BCUT2D eigenvalue weighted by molar-refractivity contribution is 6.07. The molecule has 0 fully saturated rings. The summed E-state index contributed by atoms with van der Waals surface area (Å²) in [6, 6.07) is 5.23. The van der Waals surface area contributed by atoms with Gasteiger partial charge < -0.3 is 14.5 Å². The molecular weight excluding hydrogens is 324 g/mol. The van der Waals surface area contributed by atoms with Crippen molar-refractivity contribution >= 4 is 28.5 Å². The van der Waals surface area contributed by atoms with Gasteiger partial charge in [0.15, 0.2) is 17.1 Å². The van der Waals surface area contributed by atoms with Gasteiger partial charge in [0, 0.05) is 24.5 Å². The van der Waals surface area contributed by atoms with Crippen LogP contribution in [0.2, 0.25) is 0 Å². The van der Waals surface area contributed by atoms with E-state index in [1.165, 1.54) is 10.7 Å². The number of nitrogens with zero attached hydrogens (tertiary/aromatic N) is 4. The average Bonchev–Trinajstić information content (AvgIpc) is 3.23. The Morgan fingerprint density at radius 3 is 2.84 bits per heavy atom. The van der Waals surface area contributed by atoms with Gasteiger partial charge in [-0.1, -0.05) is 0 Å². The van der Waals surface area contributed by atoms with E-state index in [4.69, 9.17) is 9.47 Å². The summed E-state index contributed by atoms with van der Waals surface area (Å²) in [5.41, 5.74) is 2.19. The first kappa shape index (κ1) is 14.9. The van der Waals surface area contributed by atoms with Gasteiger partial charge in [-0.15, -0.1) is 0 Å². The van der Waals surface area contributed by atoms with E-state index in [2.05, 4.69) is 25.4 Å². The summed E-state index contributed by atoms with van der Waals surface area (Å²) >= 11 is 0. The fourth-order valence-electron chi connectivity index (χ4n) is 2.56. The quantitative estimate of drug-likeness (QED) is 0.588. The number of aromatic nitrogens is 5. The summed E-state index contributed by atoms with van der Waals surface area (Å²) < 4.78 is 12.0. The third kappa shape index (κ3) is 2.51. The number of anilines is 1. The van der Waals surface area contributed by atoms with Crippen molar-refractivity contribution < 1.29 is 14.3 Å². The van der Waals surface area contributed by atoms with E-state index < -0.39 is 0 Å². The summed E-state index contributed by atoms with van der Waals surface area (Å²) in [4.78, 5) is 24.1. The molecule has 9 heteroatoms. The number of methoxy groups -OCH3 is 2. The van der Waals surface area contributed by atoms with Crippen LogP contribution < -0.4 is 14.8 Å². The Labute approximate surface area is 141 Å². The number of H-pyrrole nitrogens is 1. The normalized spacial score (nSPS) is 11.0. The molecule has 2 N–H and O–H groups in total. The molecule has 4 aromatic rings. The average molecular weight is 338 g/mol. The van der Waals surface area contributed by atoms with E-state index in [-0.39, 0.29) is 5.91 Å². The minimum atomic E-state index is -0.355. The lowest BCUT2D eigenvalue weighted by molar-refractivity contribution is 0.102. The Hall–Kier alpha value is -3.62. The van der Waals surface area contributed by atoms with E-state index in [0.717, 1.165) is 0 Å². The number of hydrogen-bond donors (Lipinski definition) is 2. The number of nitrogens with one attached hydrogen (secondary N) is 2. The minimum absolute atomic E-state index is 0.311. The largest absolute Gasteiger partial charge is 0.493 e. The summed E-state index contributed by atoms with van der Waals surface area (Å²) in [5.74, 6) is 1.09. The number of amides is 1. The van der Waals surface area contributed by atoms with Gasteiger partial charge in [0.25, 0.3) is 5.91 Å². The third-order valence-corrected chi connectivity index (χ3v) is 3.74. The van der Waals surface area contributed by atoms with Crippen LogP contribution in [0.15, 0.2) is 36.8 Å². The van der Waals surface area contributed by atoms with Gasteiger partial charge in [-0.05, 0) is 6.07 Å². The molecule has 0 saturated carbocycles. The molecule has 9 nitrogen and oxygen atoms in total. The fraction of sp³-hybridized carbons (Fsp3) is 0.125. The lowest BCUT2D eigenvalue weighted by Crippen LogP contribution is -2.13. The van der Waals surface area contributed by atoms with Gasteiger partial charge in [0.2, 0.25) is 5.95 Å². The molecule has 0 bridgehead atoms. The monoisotopic (exact) mass is 338 g/mol. The van der Waals surface area contributed by atoms with Crippen LogP contribution in [0, 0.1) is 0 Å². The van der Waals surface area contributed by atoms with Crippen LogP contribution in [0.5, 0.6) is 11.5 Å². The van der Waals surface area contributed by atoms with E-state index in [1.54, 1.807) is 44.8 Å². The van der Waals surface area contributed by atoms with Crippen LogP contribution in [-0.2, 0) is 0 Å². The minimum Gasteiger partial charge on any atom is -0.493 e. The fourth-order valence-corrected chi connectivity index (χ4v) is 2.56. The van der Waals surface area contributed by atoms with Crippen LogP contribution in [-0.4, -0.2) is 44.7 Å². The molecule has 0 atom stereocenters. The molecule has 0 unspecified atom stereocenters. The lowest BCUT2D eigenvalue weighted by atomic mass is 10.3. The number of fused-ring (bicyclic) bond motifs is 2. The Morgan fingerprint density at radius 1 is 1.24 bits per heavy atom. The Balaban J connectivity index is 1.67. The molecule has 25 heavy (non-hydrogen) atoms. The van der Waals surface area contributed by atoms with Gasteiger partial charge in [-0.3, -0.25) is 10.1 Å². The Kier molecular flexibility index (Phi) is 3.46. The van der Waals surface area contributed by atoms with Crippen molar-refractivity contribution in [3.05, 3.63) is 42.4 Å². The van der Waals surface area contributed by atoms with Crippen molar-refractivity contribution in [2.24, 2.45) is 0 Å². The van der Waals surface area contributed by atoms with E-state index in [9.17, 15) is 4.79 Å². The molecule has 4 rings (SSSR count). The van der Waals surface area contributed by atoms with Crippen LogP contribution >= 0.6 is 0 Å². The Morgan fingerprint density at radius 2 is 2.04 bits per heavy atom. The van der Waals surface area contributed by atoms with Gasteiger partial charge >= 0.3 is 0 Å². The zero-order chi connectivity index (χ0) is 17.4. The molecule has 1 aromatic carbocycles. The summed E-state index contributed by atoms with van der Waals surface area (Å²) in [6.07, 6.45) is 4.79. The molecule has 0 saturated heterocycles. The highest BCUT2D eigenvalue weighted by atomic mass is 16.5. The first-order valence-electron chi connectivity index (χ1n) is 7.41. The zero-order valence-electron chi connectivity index (χ0n) is 13.5. The molecule has 0 aliphatic rings. The molecule has 0 spiro atoms. The second-order valence-electron chi connectivity index (χ2n) is 5.21. The van der Waals surface area contributed by atoms with Crippen molar-refractivity contribution in [2.45, 2.75) is 0 Å². The SMILES string of the molecule is COc1cc2nc(NC(=O)c3cnn4cccnc34)[nH]c2cc1OC. The molecule has 126 valence electrons. The van der Waals surface area contributed by atoms with Crippen molar-refractivity contribution in [1.29, 1.82) is 0 Å². The maximum atomic E-state index is 12.5. The molecule has 0 aliphatic carbocycles. The van der Waals surface area contributed by atoms with E-state index >= 15 is 0 Å². The molecule has 0 radical (unpaired) electrons. The first-order valence-corrected chi connectivity index (χ1v) is 7.41. The number of benzene rings is 1. The lowest BCUT2D eigenvalue weighted by Gasteiger charge is -2.06. The van der Waals surface area contributed by atoms with E-state index in [1.807, 2.05) is 0 Å². The smallest absolute Gasteiger partial charge is 0.263 e. The standard InChI is InChI=1S/C16H14N6O3/c1-24-12-6-10-11(7-13(12)25-2)20-16(19-10)21-15(23)9-8-18-22-5-3-4-17-14(9)22/h3-8H,1-2H3,(H2,19,20,21,23). The summed E-state index contributed by atoms with van der Waals surface area (Å²) in [7, 11) is 3.11. The van der Waals surface area contributed by atoms with E-state index in [0.29, 0.717) is 39.7 Å². The highest BCUT2D eigenvalue weighted by Gasteiger charge is 2.16. The van der Waals surface area contributed by atoms with Crippen molar-refractivity contribution in [3.63, 3.8) is 0 Å². The Bertz CT molecular complexity index is 1040. The second kappa shape index (κ2) is 5.78. The van der Waals surface area contributed by atoms with Crippen LogP contribution in [0.1, 0.15) is 10.4 Å².